The van der Waals surface area contributed by atoms with E-state index in [0.717, 1.165) is 30.4 Å². The van der Waals surface area contributed by atoms with Crippen LogP contribution in [0.3, 0.4) is 0 Å². The van der Waals surface area contributed by atoms with E-state index in [0.29, 0.717) is 55.1 Å². The molecule has 0 saturated carbocycles. The Bertz CT molecular complexity index is 1380. The van der Waals surface area contributed by atoms with Crippen LogP contribution in [0.1, 0.15) is 42.9 Å². The Hall–Kier alpha value is -3.68. The van der Waals surface area contributed by atoms with E-state index < -0.39 is 17.2 Å². The first-order valence-corrected chi connectivity index (χ1v) is 13.6. The number of halogens is 3. The lowest BCUT2D eigenvalue weighted by Crippen LogP contribution is -2.45. The predicted octanol–water partition coefficient (Wildman–Crippen LogP) is 4.50. The van der Waals surface area contributed by atoms with E-state index in [1.165, 1.54) is 4.90 Å². The number of furan rings is 1. The van der Waals surface area contributed by atoms with Crippen LogP contribution in [0.2, 0.25) is 0 Å². The number of likely N-dealkylation sites (tertiary alicyclic amines) is 2. The summed E-state index contributed by atoms with van der Waals surface area (Å²) in [6.07, 6.45) is -0.851. The highest BCUT2D eigenvalue weighted by atomic mass is 32.1. The summed E-state index contributed by atoms with van der Waals surface area (Å²) < 4.78 is 44.9. The van der Waals surface area contributed by atoms with E-state index in [2.05, 4.69) is 25.8 Å². The van der Waals surface area contributed by atoms with Crippen molar-refractivity contribution >= 4 is 50.9 Å². The maximum atomic E-state index is 13.5. The van der Waals surface area contributed by atoms with Crippen LogP contribution in [0.5, 0.6) is 0 Å². The molecule has 0 aliphatic carbocycles. The van der Waals surface area contributed by atoms with E-state index in [9.17, 15) is 22.8 Å². The van der Waals surface area contributed by atoms with Crippen LogP contribution in [-0.2, 0) is 15.8 Å². The van der Waals surface area contributed by atoms with Crippen molar-refractivity contribution in [3.8, 4) is 0 Å². The van der Waals surface area contributed by atoms with Crippen molar-refractivity contribution in [2.75, 3.05) is 36.8 Å². The van der Waals surface area contributed by atoms with Gasteiger partial charge in [0.2, 0.25) is 27.9 Å². The molecule has 2 aromatic heterocycles. The Morgan fingerprint density at radius 1 is 1.13 bits per heavy atom. The van der Waals surface area contributed by atoms with Gasteiger partial charge in [-0.15, -0.1) is 10.2 Å². The average molecular weight is 564 g/mol. The summed E-state index contributed by atoms with van der Waals surface area (Å²) in [6.45, 7) is 3.66. The van der Waals surface area contributed by atoms with Crippen molar-refractivity contribution in [1.29, 1.82) is 0 Å². The normalized spacial score (nSPS) is 19.0. The molecular formula is C25H28F3N7O3S. The third-order valence-electron chi connectivity index (χ3n) is 6.62. The number of guanidine groups is 1. The number of anilines is 2. The number of fused-ring (bicyclic) bond motifs is 1. The second-order valence-electron chi connectivity index (χ2n) is 9.61. The predicted molar refractivity (Wildman–Crippen MR) is 141 cm³/mol. The molecule has 1 aromatic carbocycles. The third kappa shape index (κ3) is 6.49. The van der Waals surface area contributed by atoms with Gasteiger partial charge in [0.15, 0.2) is 0 Å². The summed E-state index contributed by atoms with van der Waals surface area (Å²) in [7, 11) is 0. The number of aryl methyl sites for hydroxylation is 1. The zero-order valence-corrected chi connectivity index (χ0v) is 22.1. The van der Waals surface area contributed by atoms with Gasteiger partial charge in [-0.25, -0.2) is 4.99 Å². The molecule has 2 fully saturated rings. The lowest BCUT2D eigenvalue weighted by molar-refractivity contribution is -0.140. The Labute approximate surface area is 226 Å². The molecule has 2 aliphatic heterocycles. The molecule has 1 unspecified atom stereocenters. The summed E-state index contributed by atoms with van der Waals surface area (Å²) in [5.41, 5.74) is 1.26. The maximum Gasteiger partial charge on any atom is 0.445 e. The first kappa shape index (κ1) is 26.9. The number of nitrogens with one attached hydrogen (secondary N) is 2. The molecule has 10 nitrogen and oxygen atoms in total. The molecule has 0 spiro atoms. The van der Waals surface area contributed by atoms with E-state index in [-0.39, 0.29) is 29.5 Å². The van der Waals surface area contributed by atoms with Gasteiger partial charge in [-0.3, -0.25) is 9.59 Å². The van der Waals surface area contributed by atoms with Crippen molar-refractivity contribution in [2.24, 2.45) is 4.99 Å². The van der Waals surface area contributed by atoms with Crippen LogP contribution in [0.15, 0.2) is 33.7 Å². The first-order chi connectivity index (χ1) is 18.7. The van der Waals surface area contributed by atoms with Crippen LogP contribution in [-0.4, -0.2) is 70.0 Å². The molecule has 4 heterocycles. The minimum atomic E-state index is -4.63. The molecule has 2 N–H and O–H groups in total. The van der Waals surface area contributed by atoms with Crippen molar-refractivity contribution in [3.05, 3.63) is 35.0 Å². The molecular weight excluding hydrogens is 535 g/mol. The number of carbonyl (C=O) groups excluding carboxylic acids is 2. The monoisotopic (exact) mass is 563 g/mol. The van der Waals surface area contributed by atoms with Crippen molar-refractivity contribution < 1.29 is 27.2 Å². The SMILES string of the molecule is Cc1cc2cc(NC(=NC3CCCCN(CC(=O)N4CCCC4)C3=O)Nc3nnc(C(F)(F)F)s3)ccc2o1. The minimum Gasteiger partial charge on any atom is -0.461 e. The summed E-state index contributed by atoms with van der Waals surface area (Å²) in [5, 5.41) is 12.3. The highest BCUT2D eigenvalue weighted by molar-refractivity contribution is 7.15. The topological polar surface area (TPSA) is 116 Å². The van der Waals surface area contributed by atoms with Crippen LogP contribution < -0.4 is 10.6 Å². The first-order valence-electron chi connectivity index (χ1n) is 12.7. The standard InChI is InChI=1S/C25H28F3N7O3S/c1-15-12-16-13-17(7-8-19(16)38-15)29-23(31-24-33-32-22(39-24)25(26,27)28)30-18-6-2-3-11-35(21(18)37)14-20(36)34-9-4-5-10-34/h7-8,12-13,18H,2-6,9-11,14H2,1H3,(H2,29,30,31,33). The summed E-state index contributed by atoms with van der Waals surface area (Å²) >= 11 is 0.335. The molecule has 14 heteroatoms. The van der Waals surface area contributed by atoms with Crippen LogP contribution in [0.4, 0.5) is 24.0 Å². The zero-order valence-electron chi connectivity index (χ0n) is 21.3. The number of aromatic nitrogens is 2. The molecule has 39 heavy (non-hydrogen) atoms. The second kappa shape index (κ2) is 11.2. The summed E-state index contributed by atoms with van der Waals surface area (Å²) in [5.74, 6) is 0.398. The number of amides is 2. The molecule has 208 valence electrons. The summed E-state index contributed by atoms with van der Waals surface area (Å²) in [6, 6.07) is 6.33. The Kier molecular flexibility index (Phi) is 7.73. The van der Waals surface area contributed by atoms with Gasteiger partial charge in [-0.2, -0.15) is 13.2 Å². The minimum absolute atomic E-state index is 0.0110. The van der Waals surface area contributed by atoms with E-state index in [4.69, 9.17) is 4.42 Å². The number of rotatable bonds is 5. The molecule has 3 aromatic rings. The molecule has 2 amide bonds. The molecule has 0 bridgehead atoms. The van der Waals surface area contributed by atoms with Gasteiger partial charge in [0.05, 0.1) is 6.54 Å². The molecule has 2 saturated heterocycles. The molecule has 5 rings (SSSR count). The zero-order chi connectivity index (χ0) is 27.6. The number of alkyl halides is 3. The smallest absolute Gasteiger partial charge is 0.445 e. The number of hydrogen-bond acceptors (Lipinski definition) is 7. The highest BCUT2D eigenvalue weighted by Crippen LogP contribution is 2.33. The van der Waals surface area contributed by atoms with Gasteiger partial charge in [0.1, 0.15) is 17.4 Å². The van der Waals surface area contributed by atoms with Crippen molar-refractivity contribution in [1.82, 2.24) is 20.0 Å². The maximum absolute atomic E-state index is 13.5. The lowest BCUT2D eigenvalue weighted by Gasteiger charge is -2.25. The average Bonchev–Trinajstić information content (AvgIpc) is 3.63. The number of carbonyl (C=O) groups is 2. The van der Waals surface area contributed by atoms with Gasteiger partial charge in [-0.1, -0.05) is 11.3 Å². The van der Waals surface area contributed by atoms with E-state index in [1.54, 1.807) is 23.1 Å². The molecule has 0 radical (unpaired) electrons. The van der Waals surface area contributed by atoms with Gasteiger partial charge < -0.3 is 24.9 Å². The quantitative estimate of drug-likeness (QED) is 0.347. The fourth-order valence-electron chi connectivity index (χ4n) is 4.72. The largest absolute Gasteiger partial charge is 0.461 e. The Balaban J connectivity index is 1.40. The number of nitrogens with zero attached hydrogens (tertiary/aromatic N) is 5. The molecule has 2 aliphatic rings. The van der Waals surface area contributed by atoms with Gasteiger partial charge >= 0.3 is 6.18 Å². The second-order valence-corrected chi connectivity index (χ2v) is 10.6. The Morgan fingerprint density at radius 3 is 2.64 bits per heavy atom. The number of hydrogen-bond donors (Lipinski definition) is 2. The van der Waals surface area contributed by atoms with Crippen LogP contribution in [0, 0.1) is 6.92 Å². The van der Waals surface area contributed by atoms with Gasteiger partial charge in [0, 0.05) is 30.7 Å². The van der Waals surface area contributed by atoms with Crippen LogP contribution in [0.25, 0.3) is 11.0 Å². The lowest BCUT2D eigenvalue weighted by atomic mass is 10.1. The van der Waals surface area contributed by atoms with Gasteiger partial charge in [0.25, 0.3) is 0 Å². The summed E-state index contributed by atoms with van der Waals surface area (Å²) in [4.78, 5) is 34.1. The van der Waals surface area contributed by atoms with E-state index >= 15 is 0 Å². The fraction of sp³-hybridized carbons (Fsp3) is 0.480. The van der Waals surface area contributed by atoms with Crippen molar-refractivity contribution in [2.45, 2.75) is 51.2 Å². The third-order valence-corrected chi connectivity index (χ3v) is 7.50. The van der Waals surface area contributed by atoms with E-state index in [1.807, 2.05) is 13.0 Å². The van der Waals surface area contributed by atoms with Crippen LogP contribution >= 0.6 is 11.3 Å². The van der Waals surface area contributed by atoms with Crippen molar-refractivity contribution in [3.63, 3.8) is 0 Å². The highest BCUT2D eigenvalue weighted by Gasteiger charge is 2.36. The fourth-order valence-corrected chi connectivity index (χ4v) is 5.33. The number of benzene rings is 1. The van der Waals surface area contributed by atoms with Gasteiger partial charge in [-0.05, 0) is 63.3 Å². The Morgan fingerprint density at radius 2 is 1.90 bits per heavy atom. The number of aliphatic imine (C=N–C) groups is 1. The molecule has 1 atom stereocenters.